The van der Waals surface area contributed by atoms with Gasteiger partial charge in [0.2, 0.25) is 0 Å². The third-order valence-corrected chi connectivity index (χ3v) is 2.70. The molecule has 1 N–H and O–H groups in total. The van der Waals surface area contributed by atoms with Crippen molar-refractivity contribution in [3.63, 3.8) is 0 Å². The zero-order valence-electron chi connectivity index (χ0n) is 8.63. The summed E-state index contributed by atoms with van der Waals surface area (Å²) in [4.78, 5) is 0. The quantitative estimate of drug-likeness (QED) is 0.844. The number of para-hydroxylation sites is 1. The molecule has 1 unspecified atom stereocenters. The fourth-order valence-corrected chi connectivity index (χ4v) is 1.98. The second-order valence-corrected chi connectivity index (χ2v) is 3.55. The SMILES string of the molecule is COc1c(F)cccc1C1CCNC1.Cl. The van der Waals surface area contributed by atoms with Gasteiger partial charge in [-0.25, -0.2) is 4.39 Å². The molecular formula is C11H15ClFNO. The number of rotatable bonds is 2. The highest BCUT2D eigenvalue weighted by Crippen LogP contribution is 2.32. The van der Waals surface area contributed by atoms with Gasteiger partial charge in [0.05, 0.1) is 7.11 Å². The van der Waals surface area contributed by atoms with Crippen molar-refractivity contribution < 1.29 is 9.13 Å². The van der Waals surface area contributed by atoms with Gasteiger partial charge in [-0.15, -0.1) is 12.4 Å². The van der Waals surface area contributed by atoms with E-state index in [-0.39, 0.29) is 18.2 Å². The minimum absolute atomic E-state index is 0. The maximum Gasteiger partial charge on any atom is 0.165 e. The normalized spacial score (nSPS) is 19.7. The van der Waals surface area contributed by atoms with Crippen LogP contribution >= 0.6 is 12.4 Å². The van der Waals surface area contributed by atoms with Crippen molar-refractivity contribution in [3.05, 3.63) is 29.6 Å². The topological polar surface area (TPSA) is 21.3 Å². The van der Waals surface area contributed by atoms with Gasteiger partial charge in [-0.2, -0.15) is 0 Å². The van der Waals surface area contributed by atoms with Crippen LogP contribution in [-0.2, 0) is 0 Å². The number of methoxy groups -OCH3 is 1. The maximum absolute atomic E-state index is 13.4. The van der Waals surface area contributed by atoms with Crippen molar-refractivity contribution in [2.24, 2.45) is 0 Å². The van der Waals surface area contributed by atoms with Crippen LogP contribution in [-0.4, -0.2) is 20.2 Å². The van der Waals surface area contributed by atoms with Crippen LogP contribution in [0, 0.1) is 5.82 Å². The second kappa shape index (κ2) is 5.33. The first-order valence-corrected chi connectivity index (χ1v) is 4.86. The zero-order chi connectivity index (χ0) is 9.97. The van der Waals surface area contributed by atoms with E-state index in [0.29, 0.717) is 11.7 Å². The Balaban J connectivity index is 0.00000112. The van der Waals surface area contributed by atoms with E-state index in [9.17, 15) is 4.39 Å². The fraction of sp³-hybridized carbons (Fsp3) is 0.455. The molecule has 1 aliphatic rings. The summed E-state index contributed by atoms with van der Waals surface area (Å²) in [5.41, 5.74) is 0.984. The lowest BCUT2D eigenvalue weighted by Crippen LogP contribution is -2.09. The van der Waals surface area contributed by atoms with Crippen molar-refractivity contribution in [2.75, 3.05) is 20.2 Å². The lowest BCUT2D eigenvalue weighted by Gasteiger charge is -2.13. The van der Waals surface area contributed by atoms with Crippen LogP contribution in [0.4, 0.5) is 4.39 Å². The average molecular weight is 232 g/mol. The standard InChI is InChI=1S/C11H14FNO.ClH/c1-14-11-9(3-2-4-10(11)12)8-5-6-13-7-8;/h2-4,8,13H,5-7H2,1H3;1H. The molecule has 1 saturated heterocycles. The van der Waals surface area contributed by atoms with Gasteiger partial charge in [-0.1, -0.05) is 12.1 Å². The predicted octanol–water partition coefficient (Wildman–Crippen LogP) is 2.33. The molecule has 84 valence electrons. The van der Waals surface area contributed by atoms with Gasteiger partial charge in [0.15, 0.2) is 11.6 Å². The molecule has 0 radical (unpaired) electrons. The van der Waals surface area contributed by atoms with E-state index >= 15 is 0 Å². The Morgan fingerprint density at radius 3 is 2.87 bits per heavy atom. The number of halogens is 2. The highest BCUT2D eigenvalue weighted by molar-refractivity contribution is 5.85. The van der Waals surface area contributed by atoms with Crippen molar-refractivity contribution >= 4 is 12.4 Å². The molecule has 2 rings (SSSR count). The molecule has 0 saturated carbocycles. The Hall–Kier alpha value is -0.800. The van der Waals surface area contributed by atoms with Crippen molar-refractivity contribution in [1.82, 2.24) is 5.32 Å². The monoisotopic (exact) mass is 231 g/mol. The summed E-state index contributed by atoms with van der Waals surface area (Å²) in [7, 11) is 1.52. The molecule has 1 atom stereocenters. The zero-order valence-corrected chi connectivity index (χ0v) is 9.44. The predicted molar refractivity (Wildman–Crippen MR) is 60.4 cm³/mol. The number of hydrogen-bond acceptors (Lipinski definition) is 2. The van der Waals surface area contributed by atoms with E-state index in [4.69, 9.17) is 4.74 Å². The number of ether oxygens (including phenoxy) is 1. The first-order chi connectivity index (χ1) is 6.83. The number of nitrogens with one attached hydrogen (secondary N) is 1. The van der Waals surface area contributed by atoms with E-state index in [1.165, 1.54) is 13.2 Å². The summed E-state index contributed by atoms with van der Waals surface area (Å²) in [5, 5.41) is 3.26. The molecular weight excluding hydrogens is 217 g/mol. The van der Waals surface area contributed by atoms with E-state index in [1.807, 2.05) is 6.07 Å². The summed E-state index contributed by atoms with van der Waals surface area (Å²) in [6.45, 7) is 1.92. The summed E-state index contributed by atoms with van der Waals surface area (Å²) >= 11 is 0. The van der Waals surface area contributed by atoms with Crippen LogP contribution in [0.25, 0.3) is 0 Å². The molecule has 2 nitrogen and oxygen atoms in total. The average Bonchev–Trinajstić information content (AvgIpc) is 2.70. The Labute approximate surface area is 95.2 Å². The van der Waals surface area contributed by atoms with E-state index in [0.717, 1.165) is 25.1 Å². The number of benzene rings is 1. The van der Waals surface area contributed by atoms with Gasteiger partial charge >= 0.3 is 0 Å². The molecule has 0 aromatic heterocycles. The summed E-state index contributed by atoms with van der Waals surface area (Å²) < 4.78 is 18.4. The van der Waals surface area contributed by atoms with Gasteiger partial charge in [-0.3, -0.25) is 0 Å². The van der Waals surface area contributed by atoms with Gasteiger partial charge in [0.1, 0.15) is 0 Å². The van der Waals surface area contributed by atoms with Gasteiger partial charge in [0.25, 0.3) is 0 Å². The Kier molecular flexibility index (Phi) is 4.36. The molecule has 0 amide bonds. The minimum atomic E-state index is -0.267. The van der Waals surface area contributed by atoms with Gasteiger partial charge in [0, 0.05) is 18.0 Å². The van der Waals surface area contributed by atoms with E-state index in [1.54, 1.807) is 6.07 Å². The first-order valence-electron chi connectivity index (χ1n) is 4.86. The van der Waals surface area contributed by atoms with Gasteiger partial charge in [-0.05, 0) is 19.0 Å². The fourth-order valence-electron chi connectivity index (χ4n) is 1.98. The molecule has 0 spiro atoms. The first kappa shape index (κ1) is 12.3. The van der Waals surface area contributed by atoms with Crippen LogP contribution in [0.2, 0.25) is 0 Å². The molecule has 1 aromatic carbocycles. The summed E-state index contributed by atoms with van der Waals surface area (Å²) in [6.07, 6.45) is 1.06. The van der Waals surface area contributed by atoms with E-state index in [2.05, 4.69) is 5.32 Å². The molecule has 1 heterocycles. The molecule has 1 aliphatic heterocycles. The van der Waals surface area contributed by atoms with Crippen LogP contribution in [0.5, 0.6) is 5.75 Å². The third-order valence-electron chi connectivity index (χ3n) is 2.70. The largest absolute Gasteiger partial charge is 0.493 e. The molecule has 4 heteroatoms. The lowest BCUT2D eigenvalue weighted by molar-refractivity contribution is 0.378. The maximum atomic E-state index is 13.4. The molecule has 1 aromatic rings. The van der Waals surface area contributed by atoms with Crippen LogP contribution in [0.3, 0.4) is 0 Å². The molecule has 15 heavy (non-hydrogen) atoms. The highest BCUT2D eigenvalue weighted by Gasteiger charge is 2.21. The summed E-state index contributed by atoms with van der Waals surface area (Å²) in [6, 6.07) is 5.12. The second-order valence-electron chi connectivity index (χ2n) is 3.55. The van der Waals surface area contributed by atoms with Crippen LogP contribution in [0.15, 0.2) is 18.2 Å². The highest BCUT2D eigenvalue weighted by atomic mass is 35.5. The Bertz CT molecular complexity index is 326. The van der Waals surface area contributed by atoms with Gasteiger partial charge < -0.3 is 10.1 Å². The Morgan fingerprint density at radius 1 is 1.47 bits per heavy atom. The molecule has 1 fully saturated rings. The van der Waals surface area contributed by atoms with Crippen LogP contribution in [0.1, 0.15) is 17.9 Å². The third kappa shape index (κ3) is 2.41. The smallest absolute Gasteiger partial charge is 0.165 e. The van der Waals surface area contributed by atoms with Crippen molar-refractivity contribution in [3.8, 4) is 5.75 Å². The van der Waals surface area contributed by atoms with E-state index < -0.39 is 0 Å². The molecule has 0 bridgehead atoms. The number of hydrogen-bond donors (Lipinski definition) is 1. The summed E-state index contributed by atoms with van der Waals surface area (Å²) in [5.74, 6) is 0.527. The van der Waals surface area contributed by atoms with Crippen molar-refractivity contribution in [2.45, 2.75) is 12.3 Å². The van der Waals surface area contributed by atoms with Crippen molar-refractivity contribution in [1.29, 1.82) is 0 Å². The Morgan fingerprint density at radius 2 is 2.27 bits per heavy atom. The minimum Gasteiger partial charge on any atom is -0.493 e. The lowest BCUT2D eigenvalue weighted by atomic mass is 9.97. The van der Waals surface area contributed by atoms with Crippen LogP contribution < -0.4 is 10.1 Å². The molecule has 0 aliphatic carbocycles.